The van der Waals surface area contributed by atoms with Crippen LogP contribution >= 0.6 is 11.6 Å². The molecule has 0 radical (unpaired) electrons. The number of carbonyl (C=O) groups excluding carboxylic acids is 1. The van der Waals surface area contributed by atoms with Gasteiger partial charge in [-0.2, -0.15) is 4.31 Å². The maximum Gasteiger partial charge on any atom is 0.244 e. The Bertz CT molecular complexity index is 932. The van der Waals surface area contributed by atoms with E-state index in [1.807, 2.05) is 4.90 Å². The second-order valence-electron chi connectivity index (χ2n) is 6.27. The molecule has 0 unspecified atom stereocenters. The topological polar surface area (TPSA) is 91.8 Å². The third-order valence-electron chi connectivity index (χ3n) is 4.41. The Balaban J connectivity index is 1.53. The minimum absolute atomic E-state index is 0.171. The molecule has 1 fully saturated rings. The molecule has 1 saturated heterocycles. The Kier molecular flexibility index (Phi) is 6.50. The molecule has 1 N–H and O–H groups in total. The molecular weight excluding hydrogens is 404 g/mol. The molecule has 0 spiro atoms. The molecule has 1 amide bonds. The predicted molar refractivity (Wildman–Crippen MR) is 106 cm³/mol. The minimum atomic E-state index is -3.56. The Morgan fingerprint density at radius 3 is 2.61 bits per heavy atom. The van der Waals surface area contributed by atoms with Gasteiger partial charge in [-0.3, -0.25) is 14.7 Å². The normalized spacial score (nSPS) is 15.9. The van der Waals surface area contributed by atoms with Gasteiger partial charge in [0.05, 0.1) is 18.7 Å². The highest BCUT2D eigenvalue weighted by molar-refractivity contribution is 7.89. The van der Waals surface area contributed by atoms with Gasteiger partial charge in [0, 0.05) is 44.3 Å². The highest BCUT2D eigenvalue weighted by Crippen LogP contribution is 2.27. The van der Waals surface area contributed by atoms with Crippen molar-refractivity contribution < 1.29 is 17.9 Å². The number of methoxy groups -OCH3 is 1. The summed E-state index contributed by atoms with van der Waals surface area (Å²) in [5, 5.41) is 3.20. The number of halogens is 1. The summed E-state index contributed by atoms with van der Waals surface area (Å²) < 4.78 is 31.7. The summed E-state index contributed by atoms with van der Waals surface area (Å²) in [5.41, 5.74) is 0.577. The van der Waals surface area contributed by atoms with Crippen molar-refractivity contribution in [3.05, 3.63) is 47.7 Å². The van der Waals surface area contributed by atoms with Crippen LogP contribution in [0.2, 0.25) is 5.02 Å². The molecule has 2 heterocycles. The number of rotatable bonds is 6. The van der Waals surface area contributed by atoms with Gasteiger partial charge in [-0.25, -0.2) is 8.42 Å². The van der Waals surface area contributed by atoms with E-state index in [0.717, 1.165) is 0 Å². The number of benzene rings is 1. The third kappa shape index (κ3) is 4.79. The summed E-state index contributed by atoms with van der Waals surface area (Å²) >= 11 is 6.06. The second-order valence-corrected chi connectivity index (χ2v) is 8.61. The van der Waals surface area contributed by atoms with Gasteiger partial charge in [0.25, 0.3) is 0 Å². The third-order valence-corrected chi connectivity index (χ3v) is 6.58. The molecule has 0 aliphatic carbocycles. The number of anilines is 1. The first-order valence-electron chi connectivity index (χ1n) is 8.66. The summed E-state index contributed by atoms with van der Waals surface area (Å²) in [6, 6.07) is 8.14. The number of piperazine rings is 1. The Labute approximate surface area is 169 Å². The van der Waals surface area contributed by atoms with E-state index < -0.39 is 10.0 Å². The van der Waals surface area contributed by atoms with E-state index >= 15 is 0 Å². The average Bonchev–Trinajstić information content (AvgIpc) is 2.69. The van der Waals surface area contributed by atoms with Gasteiger partial charge >= 0.3 is 0 Å². The van der Waals surface area contributed by atoms with E-state index in [-0.39, 0.29) is 17.3 Å². The molecule has 1 aliphatic rings. The Morgan fingerprint density at radius 2 is 2.00 bits per heavy atom. The molecule has 0 saturated carbocycles. The van der Waals surface area contributed by atoms with E-state index in [1.54, 1.807) is 24.3 Å². The Hall–Kier alpha value is -2.20. The first-order valence-corrected chi connectivity index (χ1v) is 10.5. The monoisotopic (exact) mass is 424 g/mol. The number of nitrogens with zero attached hydrogens (tertiary/aromatic N) is 3. The van der Waals surface area contributed by atoms with Gasteiger partial charge in [-0.15, -0.1) is 0 Å². The van der Waals surface area contributed by atoms with Crippen molar-refractivity contribution in [2.24, 2.45) is 0 Å². The average molecular weight is 425 g/mol. The molecule has 0 atom stereocenters. The lowest BCUT2D eigenvalue weighted by Gasteiger charge is -2.33. The summed E-state index contributed by atoms with van der Waals surface area (Å²) in [7, 11) is -2.04. The molecule has 8 nitrogen and oxygen atoms in total. The van der Waals surface area contributed by atoms with Crippen LogP contribution in [0.3, 0.4) is 0 Å². The summed E-state index contributed by atoms with van der Waals surface area (Å²) in [6.45, 7) is 1.74. The van der Waals surface area contributed by atoms with Crippen LogP contribution in [0.15, 0.2) is 47.6 Å². The van der Waals surface area contributed by atoms with E-state index in [0.29, 0.717) is 42.6 Å². The standard InChI is InChI=1S/C18H21ClN4O4S/c1-27-17-5-4-14(11-16(17)19)21-18(24)13-22-7-9-23(10-8-22)28(25,26)15-3-2-6-20-12-15/h2-6,11-12H,7-10,13H2,1H3,(H,21,24). The summed E-state index contributed by atoms with van der Waals surface area (Å²) in [4.78, 5) is 18.2. The van der Waals surface area contributed by atoms with Crippen LogP contribution in [0, 0.1) is 0 Å². The number of hydrogen-bond donors (Lipinski definition) is 1. The van der Waals surface area contributed by atoms with Crippen LogP contribution in [0.5, 0.6) is 5.75 Å². The fraction of sp³-hybridized carbons (Fsp3) is 0.333. The molecule has 1 aromatic heterocycles. The van der Waals surface area contributed by atoms with Crippen molar-refractivity contribution in [3.63, 3.8) is 0 Å². The highest BCUT2D eigenvalue weighted by Gasteiger charge is 2.29. The SMILES string of the molecule is COc1ccc(NC(=O)CN2CCN(S(=O)(=O)c3cccnc3)CC2)cc1Cl. The molecular formula is C18H21ClN4O4S. The molecule has 2 aromatic rings. The Morgan fingerprint density at radius 1 is 1.25 bits per heavy atom. The van der Waals surface area contributed by atoms with E-state index in [4.69, 9.17) is 16.3 Å². The quantitative estimate of drug-likeness (QED) is 0.758. The van der Waals surface area contributed by atoms with E-state index in [1.165, 1.54) is 29.9 Å². The molecule has 1 aliphatic heterocycles. The van der Waals surface area contributed by atoms with Crippen molar-refractivity contribution in [2.45, 2.75) is 4.90 Å². The number of carbonyl (C=O) groups is 1. The maximum atomic E-state index is 12.6. The lowest BCUT2D eigenvalue weighted by molar-refractivity contribution is -0.117. The zero-order chi connectivity index (χ0) is 20.1. The molecule has 150 valence electrons. The van der Waals surface area contributed by atoms with Crippen LogP contribution in [-0.4, -0.2) is 68.3 Å². The van der Waals surface area contributed by atoms with E-state index in [2.05, 4.69) is 10.3 Å². The van der Waals surface area contributed by atoms with Gasteiger partial charge in [0.1, 0.15) is 10.6 Å². The van der Waals surface area contributed by atoms with Gasteiger partial charge in [0.2, 0.25) is 15.9 Å². The van der Waals surface area contributed by atoms with Crippen molar-refractivity contribution >= 4 is 33.2 Å². The maximum absolute atomic E-state index is 12.6. The number of ether oxygens (including phenoxy) is 1. The van der Waals surface area contributed by atoms with Crippen molar-refractivity contribution in [1.82, 2.24) is 14.2 Å². The van der Waals surface area contributed by atoms with Crippen LogP contribution in [0.25, 0.3) is 0 Å². The first kappa shape index (κ1) is 20.5. The number of sulfonamides is 1. The molecule has 10 heteroatoms. The lowest BCUT2D eigenvalue weighted by Crippen LogP contribution is -2.50. The lowest BCUT2D eigenvalue weighted by atomic mass is 10.3. The molecule has 3 rings (SSSR count). The highest BCUT2D eigenvalue weighted by atomic mass is 35.5. The van der Waals surface area contributed by atoms with Gasteiger partial charge in [-0.1, -0.05) is 11.6 Å². The van der Waals surface area contributed by atoms with Gasteiger partial charge in [0.15, 0.2) is 0 Å². The van der Waals surface area contributed by atoms with Gasteiger partial charge in [-0.05, 0) is 30.3 Å². The zero-order valence-corrected chi connectivity index (χ0v) is 16.9. The second kappa shape index (κ2) is 8.87. The fourth-order valence-corrected chi connectivity index (χ4v) is 4.57. The molecule has 28 heavy (non-hydrogen) atoms. The van der Waals surface area contributed by atoms with Crippen LogP contribution in [0.1, 0.15) is 0 Å². The first-order chi connectivity index (χ1) is 13.4. The number of amides is 1. The van der Waals surface area contributed by atoms with Gasteiger partial charge < -0.3 is 10.1 Å². The smallest absolute Gasteiger partial charge is 0.244 e. The fourth-order valence-electron chi connectivity index (χ4n) is 2.92. The largest absolute Gasteiger partial charge is 0.495 e. The van der Waals surface area contributed by atoms with Crippen LogP contribution < -0.4 is 10.1 Å². The zero-order valence-electron chi connectivity index (χ0n) is 15.3. The van der Waals surface area contributed by atoms with Crippen molar-refractivity contribution in [2.75, 3.05) is 45.2 Å². The predicted octanol–water partition coefficient (Wildman–Crippen LogP) is 1.69. The number of pyridine rings is 1. The number of hydrogen-bond acceptors (Lipinski definition) is 6. The molecule has 1 aromatic carbocycles. The number of nitrogens with one attached hydrogen (secondary N) is 1. The van der Waals surface area contributed by atoms with E-state index in [9.17, 15) is 13.2 Å². The van der Waals surface area contributed by atoms with Crippen molar-refractivity contribution in [3.8, 4) is 5.75 Å². The van der Waals surface area contributed by atoms with Crippen LogP contribution in [0.4, 0.5) is 5.69 Å². The number of aromatic nitrogens is 1. The summed E-state index contributed by atoms with van der Waals surface area (Å²) in [5.74, 6) is 0.343. The summed E-state index contributed by atoms with van der Waals surface area (Å²) in [6.07, 6.45) is 2.88. The minimum Gasteiger partial charge on any atom is -0.495 e. The van der Waals surface area contributed by atoms with Crippen molar-refractivity contribution in [1.29, 1.82) is 0 Å². The molecule has 0 bridgehead atoms. The van der Waals surface area contributed by atoms with Crippen LogP contribution in [-0.2, 0) is 14.8 Å².